The third-order valence-corrected chi connectivity index (χ3v) is 8.60. The molecule has 0 unspecified atom stereocenters. The molecule has 0 aliphatic heterocycles. The first kappa shape index (κ1) is 26.4. The first-order chi connectivity index (χ1) is 16.2. The average molecular weight is 538 g/mol. The highest BCUT2D eigenvalue weighted by Gasteiger charge is 2.28. The number of hydrogen-bond acceptors (Lipinski definition) is 4. The molecule has 34 heavy (non-hydrogen) atoms. The number of hydrogen-bond donors (Lipinski definition) is 1. The number of carbonyl (C=O) groups is 1. The Morgan fingerprint density at radius 2 is 1.71 bits per heavy atom. The largest absolute Gasteiger partial charge is 0.354 e. The van der Waals surface area contributed by atoms with Gasteiger partial charge in [-0.1, -0.05) is 65.2 Å². The first-order valence-electron chi connectivity index (χ1n) is 10.6. The van der Waals surface area contributed by atoms with Gasteiger partial charge in [0.05, 0.1) is 20.6 Å². The molecule has 0 aromatic heterocycles. The Balaban J connectivity index is 1.65. The maximum Gasteiger partial charge on any atom is 0.264 e. The third kappa shape index (κ3) is 6.92. The minimum absolute atomic E-state index is 0.139. The molecule has 0 radical (unpaired) electrons. The van der Waals surface area contributed by atoms with Crippen molar-refractivity contribution >= 4 is 56.6 Å². The SMILES string of the molecule is Cc1ccc(N(CC(=O)NCCSCc2ccc(Cl)c(Cl)c2)S(=O)(=O)c2ccccc2)c(C)c1. The van der Waals surface area contributed by atoms with E-state index in [9.17, 15) is 13.2 Å². The highest BCUT2D eigenvalue weighted by atomic mass is 35.5. The number of amides is 1. The molecule has 0 fully saturated rings. The van der Waals surface area contributed by atoms with Gasteiger partial charge in [-0.3, -0.25) is 9.10 Å². The lowest BCUT2D eigenvalue weighted by atomic mass is 10.1. The second-order valence-electron chi connectivity index (χ2n) is 7.77. The predicted octanol–water partition coefficient (Wildman–Crippen LogP) is 5.86. The van der Waals surface area contributed by atoms with Crippen LogP contribution in [-0.2, 0) is 20.6 Å². The van der Waals surface area contributed by atoms with Gasteiger partial charge >= 0.3 is 0 Å². The van der Waals surface area contributed by atoms with Crippen LogP contribution in [0.3, 0.4) is 0 Å². The Hall–Kier alpha value is -2.19. The smallest absolute Gasteiger partial charge is 0.264 e. The fourth-order valence-corrected chi connectivity index (χ4v) is 6.01. The quantitative estimate of drug-likeness (QED) is 0.329. The van der Waals surface area contributed by atoms with Crippen LogP contribution in [0.15, 0.2) is 71.6 Å². The summed E-state index contributed by atoms with van der Waals surface area (Å²) in [5.41, 5.74) is 3.32. The Bertz CT molecular complexity index is 1250. The second kappa shape index (κ2) is 12.0. The second-order valence-corrected chi connectivity index (χ2v) is 11.5. The molecular weight excluding hydrogens is 511 g/mol. The number of rotatable bonds is 10. The maximum atomic E-state index is 13.4. The lowest BCUT2D eigenvalue weighted by Crippen LogP contribution is -2.41. The van der Waals surface area contributed by atoms with Gasteiger partial charge in [0.2, 0.25) is 5.91 Å². The third-order valence-electron chi connectivity index (χ3n) is 5.06. The number of sulfonamides is 1. The first-order valence-corrected chi connectivity index (χ1v) is 14.0. The maximum absolute atomic E-state index is 13.4. The summed E-state index contributed by atoms with van der Waals surface area (Å²) in [4.78, 5) is 12.9. The number of anilines is 1. The number of aryl methyl sites for hydroxylation is 2. The van der Waals surface area contributed by atoms with E-state index >= 15 is 0 Å². The Morgan fingerprint density at radius 1 is 0.971 bits per heavy atom. The zero-order chi connectivity index (χ0) is 24.7. The van der Waals surface area contributed by atoms with Crippen molar-refractivity contribution in [1.29, 1.82) is 0 Å². The standard InChI is InChI=1S/C25H26Cl2N2O3S2/c1-18-8-11-24(19(2)14-18)29(34(31,32)21-6-4-3-5-7-21)16-25(30)28-12-13-33-17-20-9-10-22(26)23(27)15-20/h3-11,14-15H,12-13,16-17H2,1-2H3,(H,28,30). The van der Waals surface area contributed by atoms with Crippen LogP contribution in [0.1, 0.15) is 16.7 Å². The van der Waals surface area contributed by atoms with E-state index in [-0.39, 0.29) is 17.3 Å². The molecule has 0 bridgehead atoms. The molecule has 3 rings (SSSR count). The highest BCUT2D eigenvalue weighted by molar-refractivity contribution is 7.98. The molecule has 1 N–H and O–H groups in total. The molecule has 3 aromatic rings. The monoisotopic (exact) mass is 536 g/mol. The molecule has 0 spiro atoms. The van der Waals surface area contributed by atoms with Gasteiger partial charge in [-0.2, -0.15) is 11.8 Å². The molecular formula is C25H26Cl2N2O3S2. The summed E-state index contributed by atoms with van der Waals surface area (Å²) in [6, 6.07) is 19.1. The van der Waals surface area contributed by atoms with Gasteiger partial charge in [0.1, 0.15) is 6.54 Å². The van der Waals surface area contributed by atoms with E-state index in [0.29, 0.717) is 28.0 Å². The summed E-state index contributed by atoms with van der Waals surface area (Å²) in [5.74, 6) is 1.03. The van der Waals surface area contributed by atoms with E-state index < -0.39 is 10.0 Å². The van der Waals surface area contributed by atoms with Crippen LogP contribution in [-0.4, -0.2) is 33.2 Å². The van der Waals surface area contributed by atoms with Crippen LogP contribution in [0.4, 0.5) is 5.69 Å². The van der Waals surface area contributed by atoms with Gasteiger partial charge in [0.15, 0.2) is 0 Å². The normalized spacial score (nSPS) is 11.3. The lowest BCUT2D eigenvalue weighted by molar-refractivity contribution is -0.119. The van der Waals surface area contributed by atoms with E-state index in [4.69, 9.17) is 23.2 Å². The number of halogens is 2. The van der Waals surface area contributed by atoms with Gasteiger partial charge in [0.25, 0.3) is 10.0 Å². The van der Waals surface area contributed by atoms with Gasteiger partial charge in [-0.25, -0.2) is 8.42 Å². The summed E-state index contributed by atoms with van der Waals surface area (Å²) in [5, 5.41) is 3.86. The number of nitrogens with zero attached hydrogens (tertiary/aromatic N) is 1. The van der Waals surface area contributed by atoms with Crippen LogP contribution in [0.25, 0.3) is 0 Å². The predicted molar refractivity (Wildman–Crippen MR) is 143 cm³/mol. The summed E-state index contributed by atoms with van der Waals surface area (Å²) < 4.78 is 28.0. The van der Waals surface area contributed by atoms with Crippen molar-refractivity contribution in [2.45, 2.75) is 24.5 Å². The van der Waals surface area contributed by atoms with Crippen molar-refractivity contribution in [2.24, 2.45) is 0 Å². The topological polar surface area (TPSA) is 66.5 Å². The molecule has 5 nitrogen and oxygen atoms in total. The van der Waals surface area contributed by atoms with Gasteiger partial charge in [-0.15, -0.1) is 0 Å². The Labute approximate surface area is 215 Å². The van der Waals surface area contributed by atoms with E-state index in [0.717, 1.165) is 22.4 Å². The number of carbonyl (C=O) groups excluding carboxylic acids is 1. The molecule has 0 saturated carbocycles. The van der Waals surface area contributed by atoms with Crippen molar-refractivity contribution in [1.82, 2.24) is 5.32 Å². The summed E-state index contributed by atoms with van der Waals surface area (Å²) in [6.07, 6.45) is 0. The molecule has 1 amide bonds. The Kier molecular flexibility index (Phi) is 9.31. The van der Waals surface area contributed by atoms with Crippen molar-refractivity contribution in [3.8, 4) is 0 Å². The molecule has 9 heteroatoms. The zero-order valence-corrected chi connectivity index (χ0v) is 22.1. The molecule has 0 heterocycles. The number of benzene rings is 3. The summed E-state index contributed by atoms with van der Waals surface area (Å²) in [6.45, 7) is 3.89. The van der Waals surface area contributed by atoms with E-state index in [1.54, 1.807) is 42.1 Å². The minimum atomic E-state index is -3.92. The van der Waals surface area contributed by atoms with Crippen molar-refractivity contribution in [3.63, 3.8) is 0 Å². The zero-order valence-electron chi connectivity index (χ0n) is 18.9. The van der Waals surface area contributed by atoms with Gasteiger partial charge < -0.3 is 5.32 Å². The van der Waals surface area contributed by atoms with Crippen LogP contribution >= 0.6 is 35.0 Å². The van der Waals surface area contributed by atoms with Crippen LogP contribution in [0, 0.1) is 13.8 Å². The van der Waals surface area contributed by atoms with Crippen LogP contribution < -0.4 is 9.62 Å². The van der Waals surface area contributed by atoms with Crippen molar-refractivity contribution in [3.05, 3.63) is 93.5 Å². The molecule has 180 valence electrons. The molecule has 0 aliphatic rings. The van der Waals surface area contributed by atoms with Crippen molar-refractivity contribution < 1.29 is 13.2 Å². The average Bonchev–Trinajstić information content (AvgIpc) is 2.80. The fraction of sp³-hybridized carbons (Fsp3) is 0.240. The fourth-order valence-electron chi connectivity index (χ4n) is 3.37. The van der Waals surface area contributed by atoms with E-state index in [2.05, 4.69) is 5.32 Å². The van der Waals surface area contributed by atoms with Crippen LogP contribution in [0.5, 0.6) is 0 Å². The van der Waals surface area contributed by atoms with Crippen molar-refractivity contribution in [2.75, 3.05) is 23.1 Å². The van der Waals surface area contributed by atoms with E-state index in [1.165, 1.54) is 16.4 Å². The van der Waals surface area contributed by atoms with Gasteiger partial charge in [-0.05, 0) is 55.3 Å². The molecule has 3 aromatic carbocycles. The van der Waals surface area contributed by atoms with Gasteiger partial charge in [0, 0.05) is 18.1 Å². The number of nitrogens with one attached hydrogen (secondary N) is 1. The summed E-state index contributed by atoms with van der Waals surface area (Å²) >= 11 is 13.6. The minimum Gasteiger partial charge on any atom is -0.354 e. The molecule has 0 saturated heterocycles. The Morgan fingerprint density at radius 3 is 2.38 bits per heavy atom. The number of thioether (sulfide) groups is 1. The molecule has 0 atom stereocenters. The summed E-state index contributed by atoms with van der Waals surface area (Å²) in [7, 11) is -3.92. The highest BCUT2D eigenvalue weighted by Crippen LogP contribution is 2.27. The van der Waals surface area contributed by atoms with Crippen LogP contribution in [0.2, 0.25) is 10.0 Å². The lowest BCUT2D eigenvalue weighted by Gasteiger charge is -2.26. The molecule has 0 aliphatic carbocycles. The van der Waals surface area contributed by atoms with E-state index in [1.807, 2.05) is 38.1 Å².